The molecule has 11 nitrogen and oxygen atoms in total. The summed E-state index contributed by atoms with van der Waals surface area (Å²) in [6, 6.07) is 13.7. The van der Waals surface area contributed by atoms with Crippen LogP contribution in [0.25, 0.3) is 0 Å². The second-order valence-corrected chi connectivity index (χ2v) is 11.0. The number of methoxy groups -OCH3 is 1. The third-order valence-electron chi connectivity index (χ3n) is 7.55. The van der Waals surface area contributed by atoms with Crippen LogP contribution in [0.3, 0.4) is 0 Å². The van der Waals surface area contributed by atoms with E-state index in [1.54, 1.807) is 49.4 Å². The molecule has 14 heteroatoms. The number of rotatable bonds is 8. The highest BCUT2D eigenvalue weighted by Crippen LogP contribution is 2.35. The number of hydrogen-bond donors (Lipinski definition) is 4. The second-order valence-electron chi connectivity index (χ2n) is 11.0. The van der Waals surface area contributed by atoms with Crippen LogP contribution in [0.2, 0.25) is 0 Å². The minimum Gasteiger partial charge on any atom is -0.497 e. The smallest absolute Gasteiger partial charge is 0.416 e. The maximum absolute atomic E-state index is 13.7. The van der Waals surface area contributed by atoms with Crippen LogP contribution in [0.5, 0.6) is 11.5 Å². The highest BCUT2D eigenvalue weighted by Gasteiger charge is 2.35. The number of aliphatic hydroxyl groups excluding tert-OH is 1. The van der Waals surface area contributed by atoms with Crippen molar-refractivity contribution in [2.45, 2.75) is 32.2 Å². The van der Waals surface area contributed by atoms with Crippen molar-refractivity contribution in [3.05, 3.63) is 77.9 Å². The van der Waals surface area contributed by atoms with Gasteiger partial charge in [0.1, 0.15) is 11.9 Å². The number of alkyl halides is 3. The predicted molar refractivity (Wildman–Crippen MR) is 166 cm³/mol. The normalized spacial score (nSPS) is 17.0. The number of nitrogens with zero attached hydrogens (tertiary/aromatic N) is 2. The average Bonchev–Trinajstić information content (AvgIpc) is 3.02. The van der Waals surface area contributed by atoms with Gasteiger partial charge in [0.25, 0.3) is 5.91 Å². The van der Waals surface area contributed by atoms with Gasteiger partial charge in [0.2, 0.25) is 0 Å². The van der Waals surface area contributed by atoms with Gasteiger partial charge in [-0.2, -0.15) is 13.2 Å². The summed E-state index contributed by atoms with van der Waals surface area (Å²) in [5.41, 5.74) is 0.169. The first kappa shape index (κ1) is 33.9. The Morgan fingerprint density at radius 3 is 2.28 bits per heavy atom. The summed E-state index contributed by atoms with van der Waals surface area (Å²) < 4.78 is 50.4. The number of anilines is 3. The average molecular weight is 644 g/mol. The molecule has 0 saturated heterocycles. The van der Waals surface area contributed by atoms with Crippen molar-refractivity contribution in [1.29, 1.82) is 0 Å². The van der Waals surface area contributed by atoms with Crippen molar-refractivity contribution >= 4 is 35.0 Å². The zero-order chi connectivity index (χ0) is 33.6. The highest BCUT2D eigenvalue weighted by molar-refractivity contribution is 6.04. The van der Waals surface area contributed by atoms with Crippen molar-refractivity contribution < 1.29 is 42.1 Å². The molecule has 0 saturated carbocycles. The maximum atomic E-state index is 13.7. The quantitative estimate of drug-likeness (QED) is 0.248. The van der Waals surface area contributed by atoms with E-state index >= 15 is 0 Å². The molecular formula is C32H36F3N5O6. The fourth-order valence-electron chi connectivity index (χ4n) is 4.83. The molecule has 4 rings (SSSR count). The molecule has 0 fully saturated rings. The van der Waals surface area contributed by atoms with E-state index in [9.17, 15) is 32.7 Å². The molecule has 5 amide bonds. The fraction of sp³-hybridized carbons (Fsp3) is 0.344. The summed E-state index contributed by atoms with van der Waals surface area (Å²) in [5, 5.41) is 17.9. The number of ether oxygens (including phenoxy) is 2. The molecule has 3 aromatic rings. The number of carbonyl (C=O) groups is 3. The van der Waals surface area contributed by atoms with Gasteiger partial charge in [0.15, 0.2) is 5.75 Å². The number of halogens is 3. The minimum absolute atomic E-state index is 0.00892. The van der Waals surface area contributed by atoms with Crippen LogP contribution in [0, 0.1) is 5.92 Å². The molecule has 1 aliphatic rings. The number of benzene rings is 3. The van der Waals surface area contributed by atoms with Gasteiger partial charge in [-0.15, -0.1) is 0 Å². The number of likely N-dealkylation sites (N-methyl/N-ethyl adjacent to an activating group) is 1. The van der Waals surface area contributed by atoms with E-state index in [1.165, 1.54) is 24.0 Å². The highest BCUT2D eigenvalue weighted by atomic mass is 19.4. The SMILES string of the molecule is COc1ccc(NC(=O)Nc2cccc3c2O[C@H](CN(C)C(=O)Nc2ccc(C(F)(F)F)cc2)[C@H](C)CN([C@H](C)CO)C3=O)cc1. The monoisotopic (exact) mass is 643 g/mol. The second kappa shape index (κ2) is 14.4. The molecular weight excluding hydrogens is 607 g/mol. The number of aliphatic hydroxyl groups is 1. The van der Waals surface area contributed by atoms with E-state index in [4.69, 9.17) is 9.47 Å². The first-order chi connectivity index (χ1) is 21.8. The number of nitrogens with one attached hydrogen (secondary N) is 3. The predicted octanol–water partition coefficient (Wildman–Crippen LogP) is 5.74. The van der Waals surface area contributed by atoms with Crippen LogP contribution in [0.4, 0.5) is 39.8 Å². The lowest BCUT2D eigenvalue weighted by Crippen LogP contribution is -2.50. The Balaban J connectivity index is 1.58. The zero-order valence-electron chi connectivity index (χ0n) is 25.7. The molecule has 0 unspecified atom stereocenters. The lowest BCUT2D eigenvalue weighted by atomic mass is 9.99. The van der Waals surface area contributed by atoms with Gasteiger partial charge in [-0.05, 0) is 67.6 Å². The fourth-order valence-corrected chi connectivity index (χ4v) is 4.83. The van der Waals surface area contributed by atoms with Gasteiger partial charge in [0, 0.05) is 30.9 Å². The van der Waals surface area contributed by atoms with Crippen molar-refractivity contribution in [2.24, 2.45) is 5.92 Å². The van der Waals surface area contributed by atoms with Crippen LogP contribution >= 0.6 is 0 Å². The van der Waals surface area contributed by atoms with Crippen molar-refractivity contribution in [3.63, 3.8) is 0 Å². The van der Waals surface area contributed by atoms with Gasteiger partial charge in [-0.1, -0.05) is 13.0 Å². The Labute approximate surface area is 264 Å². The number of amides is 5. The first-order valence-electron chi connectivity index (χ1n) is 14.4. The Morgan fingerprint density at radius 1 is 1.04 bits per heavy atom. The number of hydrogen-bond acceptors (Lipinski definition) is 6. The summed E-state index contributed by atoms with van der Waals surface area (Å²) in [5.74, 6) is -0.0779. The molecule has 3 atom stereocenters. The lowest BCUT2D eigenvalue weighted by molar-refractivity contribution is -0.137. The summed E-state index contributed by atoms with van der Waals surface area (Å²) in [6.45, 7) is 3.43. The third kappa shape index (κ3) is 8.18. The standard InChI is InChI=1S/C32H36F3N5O6/c1-19-16-40(20(2)18-41)29(42)25-6-5-7-26(38-30(43)36-22-12-14-24(45-4)15-13-22)28(25)46-27(19)17-39(3)31(44)37-23-10-8-21(9-11-23)32(33,34)35/h5-15,19-20,27,41H,16-18H2,1-4H3,(H,37,44)(H2,36,38,43)/t19-,20-,27-/m1/s1. The van der Waals surface area contributed by atoms with Gasteiger partial charge in [-0.3, -0.25) is 4.79 Å². The minimum atomic E-state index is -4.51. The molecule has 0 spiro atoms. The number of para-hydroxylation sites is 1. The molecule has 0 radical (unpaired) electrons. The van der Waals surface area contributed by atoms with Gasteiger partial charge in [0.05, 0.1) is 43.1 Å². The van der Waals surface area contributed by atoms with E-state index < -0.39 is 41.9 Å². The van der Waals surface area contributed by atoms with Crippen LogP contribution in [-0.2, 0) is 6.18 Å². The molecule has 1 heterocycles. The molecule has 46 heavy (non-hydrogen) atoms. The van der Waals surface area contributed by atoms with E-state index in [0.717, 1.165) is 24.3 Å². The number of fused-ring (bicyclic) bond motifs is 1. The molecule has 0 aliphatic carbocycles. The molecule has 246 valence electrons. The van der Waals surface area contributed by atoms with Crippen molar-refractivity contribution in [3.8, 4) is 11.5 Å². The largest absolute Gasteiger partial charge is 0.497 e. The summed E-state index contributed by atoms with van der Waals surface area (Å²) >= 11 is 0. The van der Waals surface area contributed by atoms with Crippen LogP contribution in [0.15, 0.2) is 66.7 Å². The van der Waals surface area contributed by atoms with Crippen molar-refractivity contribution in [2.75, 3.05) is 49.8 Å². The number of carbonyl (C=O) groups excluding carboxylic acids is 3. The first-order valence-corrected chi connectivity index (χ1v) is 14.4. The molecule has 3 aromatic carbocycles. The Bertz CT molecular complexity index is 1530. The van der Waals surface area contributed by atoms with Crippen LogP contribution in [0.1, 0.15) is 29.8 Å². The molecule has 0 aromatic heterocycles. The van der Waals surface area contributed by atoms with E-state index in [1.807, 2.05) is 6.92 Å². The van der Waals surface area contributed by atoms with E-state index in [-0.39, 0.29) is 48.3 Å². The van der Waals surface area contributed by atoms with E-state index in [2.05, 4.69) is 16.0 Å². The Hall–Kier alpha value is -4.98. The van der Waals surface area contributed by atoms with Gasteiger partial charge < -0.3 is 40.3 Å². The third-order valence-corrected chi connectivity index (χ3v) is 7.55. The lowest BCUT2D eigenvalue weighted by Gasteiger charge is -2.38. The number of urea groups is 2. The van der Waals surface area contributed by atoms with Gasteiger partial charge >= 0.3 is 18.2 Å². The Kier molecular flexibility index (Phi) is 10.6. The van der Waals surface area contributed by atoms with Crippen LogP contribution < -0.4 is 25.4 Å². The summed E-state index contributed by atoms with van der Waals surface area (Å²) in [6.07, 6.45) is -5.22. The van der Waals surface area contributed by atoms with Crippen LogP contribution in [-0.4, -0.2) is 78.9 Å². The Morgan fingerprint density at radius 2 is 1.67 bits per heavy atom. The van der Waals surface area contributed by atoms with E-state index in [0.29, 0.717) is 11.4 Å². The summed E-state index contributed by atoms with van der Waals surface area (Å²) in [7, 11) is 3.03. The molecule has 4 N–H and O–H groups in total. The molecule has 0 bridgehead atoms. The van der Waals surface area contributed by atoms with Crippen molar-refractivity contribution in [1.82, 2.24) is 9.80 Å². The summed E-state index contributed by atoms with van der Waals surface area (Å²) in [4.78, 5) is 42.5. The zero-order valence-corrected chi connectivity index (χ0v) is 25.7. The topological polar surface area (TPSA) is 132 Å². The maximum Gasteiger partial charge on any atom is 0.416 e. The molecule has 1 aliphatic heterocycles. The van der Waals surface area contributed by atoms with Gasteiger partial charge in [-0.25, -0.2) is 9.59 Å².